The molecule has 0 aliphatic carbocycles. The molecule has 16 aromatic rings. The highest BCUT2D eigenvalue weighted by atomic mass is 32.1. The van der Waals surface area contributed by atoms with Crippen LogP contribution in [0.3, 0.4) is 0 Å². The predicted molar refractivity (Wildman–Crippen MR) is 321 cm³/mol. The van der Waals surface area contributed by atoms with Crippen LogP contribution in [0.5, 0.6) is 0 Å². The summed E-state index contributed by atoms with van der Waals surface area (Å²) in [6.45, 7) is 9.56. The van der Waals surface area contributed by atoms with Crippen molar-refractivity contribution in [2.75, 3.05) is 0 Å². The summed E-state index contributed by atoms with van der Waals surface area (Å²) >= 11 is 5.43. The summed E-state index contributed by atoms with van der Waals surface area (Å²) in [4.78, 5) is 4.68. The number of para-hydroxylation sites is 1. The Bertz CT molecular complexity index is 5070. The fourth-order valence-electron chi connectivity index (χ4n) is 12.2. The lowest BCUT2D eigenvalue weighted by molar-refractivity contribution is 1.14. The summed E-state index contributed by atoms with van der Waals surface area (Å²) < 4.78 is 11.9. The Hall–Kier alpha value is -9.34. The van der Waals surface area contributed by atoms with Gasteiger partial charge < -0.3 is 9.13 Å². The molecule has 0 saturated heterocycles. The van der Waals surface area contributed by atoms with E-state index in [1.54, 1.807) is 22.7 Å². The number of fused-ring (bicyclic) bond motifs is 17. The maximum absolute atomic E-state index is 12.1. The van der Waals surface area contributed by atoms with Crippen molar-refractivity contribution in [1.82, 2.24) is 9.13 Å². The summed E-state index contributed by atoms with van der Waals surface area (Å²) in [5.41, 5.74) is 12.0. The molecular weight excluding hydrogens is 969 g/mol. The molecule has 5 heterocycles. The van der Waals surface area contributed by atoms with Gasteiger partial charge in [-0.25, -0.2) is 4.85 Å². The second-order valence-electron chi connectivity index (χ2n) is 19.2. The van der Waals surface area contributed by atoms with Crippen molar-refractivity contribution in [2.45, 2.75) is 0 Å². The molecule has 0 N–H and O–H groups in total. The lowest BCUT2D eigenvalue weighted by Gasteiger charge is -2.26. The van der Waals surface area contributed by atoms with Gasteiger partial charge in [-0.2, -0.15) is 5.26 Å². The Morgan fingerprint density at radius 2 is 0.880 bits per heavy atom. The lowest BCUT2D eigenvalue weighted by Crippen LogP contribution is -2.08. The van der Waals surface area contributed by atoms with E-state index in [-0.39, 0.29) is 0 Å². The molecule has 0 aliphatic rings. The van der Waals surface area contributed by atoms with Gasteiger partial charge in [0.15, 0.2) is 0 Å². The number of rotatable bonds is 5. The topological polar surface area (TPSA) is 38.0 Å². The molecule has 346 valence electrons. The van der Waals surface area contributed by atoms with E-state index >= 15 is 0 Å². The van der Waals surface area contributed by atoms with Crippen LogP contribution in [0.15, 0.2) is 218 Å². The van der Waals surface area contributed by atoms with Crippen LogP contribution in [-0.4, -0.2) is 9.13 Å². The first-order valence-electron chi connectivity index (χ1n) is 24.9. The number of hydrogen-bond donors (Lipinski definition) is 0. The fraction of sp³-hybridized carbons (Fsp3) is 0. The monoisotopic (exact) mass is 1000 g/mol. The van der Waals surface area contributed by atoms with E-state index in [0.29, 0.717) is 16.8 Å². The third-order valence-electron chi connectivity index (χ3n) is 15.4. The minimum absolute atomic E-state index is 0.427. The fourth-order valence-corrected chi connectivity index (χ4v) is 16.0. The highest BCUT2D eigenvalue weighted by Crippen LogP contribution is 2.55. The molecular formula is C68H36N4S3. The maximum Gasteiger partial charge on any atom is 0.220 e. The molecule has 5 aromatic heterocycles. The van der Waals surface area contributed by atoms with Gasteiger partial charge in [-0.15, -0.1) is 34.0 Å². The van der Waals surface area contributed by atoms with Crippen LogP contribution in [0.1, 0.15) is 5.56 Å². The molecule has 0 saturated carbocycles. The summed E-state index contributed by atoms with van der Waals surface area (Å²) in [6, 6.07) is 80.7. The van der Waals surface area contributed by atoms with Crippen LogP contribution in [0.4, 0.5) is 5.69 Å². The van der Waals surface area contributed by atoms with Crippen LogP contribution in [0, 0.1) is 17.9 Å². The third-order valence-corrected chi connectivity index (χ3v) is 19.0. The molecule has 16 rings (SSSR count). The first-order valence-corrected chi connectivity index (χ1v) is 27.4. The van der Waals surface area contributed by atoms with E-state index in [9.17, 15) is 11.8 Å². The average molecular weight is 1010 g/mol. The highest BCUT2D eigenvalue weighted by molar-refractivity contribution is 7.27. The number of thiophene rings is 3. The summed E-state index contributed by atoms with van der Waals surface area (Å²) in [5, 5.41) is 23.7. The summed E-state index contributed by atoms with van der Waals surface area (Å²) in [6.07, 6.45) is 0. The van der Waals surface area contributed by atoms with Gasteiger partial charge in [-0.1, -0.05) is 188 Å². The van der Waals surface area contributed by atoms with Crippen molar-refractivity contribution < 1.29 is 0 Å². The molecule has 75 heavy (non-hydrogen) atoms. The van der Waals surface area contributed by atoms with Crippen LogP contribution < -0.4 is 0 Å². The van der Waals surface area contributed by atoms with E-state index in [1.807, 2.05) is 35.6 Å². The van der Waals surface area contributed by atoms with Gasteiger partial charge in [0.1, 0.15) is 6.07 Å². The van der Waals surface area contributed by atoms with Crippen molar-refractivity contribution in [1.29, 1.82) is 5.26 Å². The van der Waals surface area contributed by atoms with Gasteiger partial charge in [-0.3, -0.25) is 0 Å². The zero-order valence-electron chi connectivity index (χ0n) is 39.8. The Kier molecular flexibility index (Phi) is 9.05. The molecule has 0 unspecified atom stereocenters. The molecule has 4 nitrogen and oxygen atoms in total. The van der Waals surface area contributed by atoms with E-state index in [1.165, 1.54) is 57.5 Å². The van der Waals surface area contributed by atoms with Crippen molar-refractivity contribution in [3.05, 3.63) is 235 Å². The molecule has 11 aromatic carbocycles. The average Bonchev–Trinajstić information content (AvgIpc) is 4.29. The van der Waals surface area contributed by atoms with E-state index < -0.39 is 0 Å². The molecule has 0 bridgehead atoms. The van der Waals surface area contributed by atoms with Gasteiger partial charge in [-0.05, 0) is 52.6 Å². The smallest absolute Gasteiger partial charge is 0.220 e. The Morgan fingerprint density at radius 3 is 1.49 bits per heavy atom. The first kappa shape index (κ1) is 42.2. The zero-order valence-corrected chi connectivity index (χ0v) is 42.2. The zero-order chi connectivity index (χ0) is 49.5. The molecule has 0 aliphatic heterocycles. The quantitative estimate of drug-likeness (QED) is 0.158. The van der Waals surface area contributed by atoms with Crippen molar-refractivity contribution in [3.8, 4) is 50.8 Å². The number of hydrogen-bond acceptors (Lipinski definition) is 4. The van der Waals surface area contributed by atoms with Gasteiger partial charge >= 0.3 is 0 Å². The highest BCUT2D eigenvalue weighted by Gasteiger charge is 2.33. The molecule has 0 amide bonds. The predicted octanol–water partition coefficient (Wildman–Crippen LogP) is 20.4. The van der Waals surface area contributed by atoms with E-state index in [4.69, 9.17) is 0 Å². The first-order chi connectivity index (χ1) is 37.2. The normalized spacial score (nSPS) is 12.0. The van der Waals surface area contributed by atoms with Gasteiger partial charge in [0.05, 0.1) is 55.0 Å². The van der Waals surface area contributed by atoms with Crippen LogP contribution in [-0.2, 0) is 0 Å². The minimum Gasteiger partial charge on any atom is -0.316 e. The van der Waals surface area contributed by atoms with Gasteiger partial charge in [0.2, 0.25) is 5.69 Å². The second kappa shape index (κ2) is 16.1. The van der Waals surface area contributed by atoms with Gasteiger partial charge in [0, 0.05) is 83.8 Å². The Labute approximate surface area is 441 Å². The SMILES string of the molecule is [C-]#[N+]c1c(-c2ccccc2)c(C#N)c(-n2c3ccccc3c3cc4c(cc32)sc2c(-c3ccccc3)cccc24)c(-c2ccccc2)c1-n1c2c(ccc3c4ccccc4sc32)c2ccc3c4ccccc4sc3c21. The number of benzene rings is 11. The lowest BCUT2D eigenvalue weighted by atomic mass is 9.88. The Balaban J connectivity index is 1.16. The van der Waals surface area contributed by atoms with Crippen molar-refractivity contribution in [2.24, 2.45) is 0 Å². The standard InChI is InChI=1S/C68H36N4S3/c1-70-61-59(40-20-7-3-8-21-40)53(38-69)62(71-54-29-14-11-24-43(54)51-36-52-48-28-17-27-42(39-18-5-2-6-19-39)66(48)75-58(52)37-55(51)71)60(41-22-9-4-10-23-41)65(61)72-63-46(32-34-49-44-25-12-15-30-56(44)73-67(49)63)47-33-35-50-45-26-13-16-31-57(45)74-68(50)64(47)72/h2-37H. The Morgan fingerprint density at radius 1 is 0.373 bits per heavy atom. The maximum atomic E-state index is 12.1. The molecule has 7 heteroatoms. The molecule has 0 atom stereocenters. The van der Waals surface area contributed by atoms with E-state index in [2.05, 4.69) is 214 Å². The van der Waals surface area contributed by atoms with Crippen LogP contribution in [0.2, 0.25) is 0 Å². The third kappa shape index (κ3) is 5.89. The number of aromatic nitrogens is 2. The van der Waals surface area contributed by atoms with Crippen LogP contribution in [0.25, 0.3) is 154 Å². The summed E-state index contributed by atoms with van der Waals surface area (Å²) in [7, 11) is 0. The largest absolute Gasteiger partial charge is 0.316 e. The molecule has 0 radical (unpaired) electrons. The number of nitriles is 1. The van der Waals surface area contributed by atoms with E-state index in [0.717, 1.165) is 85.8 Å². The molecule has 0 fully saturated rings. The van der Waals surface area contributed by atoms with Gasteiger partial charge in [0.25, 0.3) is 0 Å². The van der Waals surface area contributed by atoms with Crippen molar-refractivity contribution in [3.63, 3.8) is 0 Å². The molecule has 0 spiro atoms. The second-order valence-corrected chi connectivity index (χ2v) is 22.4. The van der Waals surface area contributed by atoms with Crippen molar-refractivity contribution >= 4 is 144 Å². The number of nitrogens with zero attached hydrogens (tertiary/aromatic N) is 4. The summed E-state index contributed by atoms with van der Waals surface area (Å²) in [5.74, 6) is 0. The van der Waals surface area contributed by atoms with Crippen LogP contribution >= 0.6 is 34.0 Å². The minimum atomic E-state index is 0.427.